The Morgan fingerprint density at radius 1 is 1.20 bits per heavy atom. The van der Waals surface area contributed by atoms with Gasteiger partial charge in [-0.3, -0.25) is 9.59 Å². The number of carbonyl (C=O) groups excluding carboxylic acids is 2. The number of hydrogen-bond acceptors (Lipinski definition) is 4. The molecule has 2 unspecified atom stereocenters. The Morgan fingerprint density at radius 2 is 2.00 bits per heavy atom. The van der Waals surface area contributed by atoms with Crippen LogP contribution >= 0.6 is 11.8 Å². The molecule has 1 fully saturated rings. The molecular weight excluding hydrogens is 396 g/mol. The van der Waals surface area contributed by atoms with Crippen molar-refractivity contribution in [1.82, 2.24) is 14.9 Å². The molecule has 1 N–H and O–H groups in total. The quantitative estimate of drug-likeness (QED) is 0.616. The number of amides is 2. The van der Waals surface area contributed by atoms with Crippen LogP contribution in [0.25, 0.3) is 5.69 Å². The highest BCUT2D eigenvalue weighted by molar-refractivity contribution is 7.98. The van der Waals surface area contributed by atoms with Crippen molar-refractivity contribution in [3.63, 3.8) is 0 Å². The zero-order valence-corrected chi connectivity index (χ0v) is 17.8. The van der Waals surface area contributed by atoms with E-state index in [2.05, 4.69) is 10.3 Å². The minimum absolute atomic E-state index is 0.00857. The number of nitrogens with one attached hydrogen (secondary N) is 1. The summed E-state index contributed by atoms with van der Waals surface area (Å²) in [6, 6.07) is 15.7. The van der Waals surface area contributed by atoms with Crippen molar-refractivity contribution >= 4 is 29.3 Å². The number of hydrogen-bond donors (Lipinski definition) is 1. The molecule has 0 bridgehead atoms. The molecule has 1 aliphatic rings. The fourth-order valence-electron chi connectivity index (χ4n) is 3.67. The fraction of sp³-hybridized carbons (Fsp3) is 0.261. The van der Waals surface area contributed by atoms with Gasteiger partial charge in [-0.15, -0.1) is 11.8 Å². The van der Waals surface area contributed by atoms with Gasteiger partial charge in [0.1, 0.15) is 0 Å². The van der Waals surface area contributed by atoms with E-state index < -0.39 is 0 Å². The maximum absolute atomic E-state index is 12.8. The lowest BCUT2D eigenvalue weighted by Crippen LogP contribution is -2.34. The van der Waals surface area contributed by atoms with E-state index in [1.54, 1.807) is 29.2 Å². The molecule has 2 aromatic carbocycles. The van der Waals surface area contributed by atoms with Crippen molar-refractivity contribution < 1.29 is 9.59 Å². The first-order valence-corrected chi connectivity index (χ1v) is 11.1. The average molecular weight is 421 g/mol. The number of benzene rings is 2. The van der Waals surface area contributed by atoms with Crippen molar-refractivity contribution in [2.24, 2.45) is 5.92 Å². The monoisotopic (exact) mass is 420 g/mol. The largest absolute Gasteiger partial charge is 0.349 e. The standard InChI is InChI=1S/C23H24N4O2S/c1-16(17-6-8-19(9-7-17)26-11-10-24-15-26)25-23(29)18-12-22(28)27(14-18)20-4-3-5-21(13-20)30-2/h3-11,13,15-16,18H,12,14H2,1-2H3,(H,25,29). The second kappa shape index (κ2) is 8.75. The summed E-state index contributed by atoms with van der Waals surface area (Å²) in [5, 5.41) is 3.07. The first-order chi connectivity index (χ1) is 14.5. The highest BCUT2D eigenvalue weighted by Crippen LogP contribution is 2.28. The van der Waals surface area contributed by atoms with Crippen LogP contribution < -0.4 is 10.2 Å². The molecule has 3 aromatic rings. The van der Waals surface area contributed by atoms with Crippen LogP contribution in [-0.4, -0.2) is 34.2 Å². The number of rotatable bonds is 6. The van der Waals surface area contributed by atoms with Crippen molar-refractivity contribution in [1.29, 1.82) is 0 Å². The van der Waals surface area contributed by atoms with E-state index in [4.69, 9.17) is 0 Å². The van der Waals surface area contributed by atoms with Crippen molar-refractivity contribution in [3.8, 4) is 5.69 Å². The van der Waals surface area contributed by atoms with E-state index in [9.17, 15) is 9.59 Å². The highest BCUT2D eigenvalue weighted by Gasteiger charge is 2.35. The van der Waals surface area contributed by atoms with Gasteiger partial charge in [-0.2, -0.15) is 0 Å². The number of aromatic nitrogens is 2. The third kappa shape index (κ3) is 4.26. The van der Waals surface area contributed by atoms with Crippen LogP contribution in [-0.2, 0) is 9.59 Å². The lowest BCUT2D eigenvalue weighted by atomic mass is 10.0. The second-order valence-corrected chi connectivity index (χ2v) is 8.28. The number of thioether (sulfide) groups is 1. The molecule has 154 valence electrons. The molecule has 4 rings (SSSR count). The third-order valence-electron chi connectivity index (χ3n) is 5.42. The van der Waals surface area contributed by atoms with Crippen molar-refractivity contribution in [3.05, 3.63) is 72.8 Å². The Balaban J connectivity index is 1.39. The van der Waals surface area contributed by atoms with E-state index in [-0.39, 0.29) is 30.2 Å². The first-order valence-electron chi connectivity index (χ1n) is 9.88. The Kier molecular flexibility index (Phi) is 5.90. The fourth-order valence-corrected chi connectivity index (χ4v) is 4.13. The normalized spacial score (nSPS) is 17.2. The summed E-state index contributed by atoms with van der Waals surface area (Å²) < 4.78 is 1.93. The lowest BCUT2D eigenvalue weighted by molar-refractivity contribution is -0.126. The summed E-state index contributed by atoms with van der Waals surface area (Å²) in [5.74, 6) is -0.438. The van der Waals surface area contributed by atoms with Crippen molar-refractivity contribution in [2.75, 3.05) is 17.7 Å². The Hall–Kier alpha value is -3.06. The topological polar surface area (TPSA) is 67.2 Å². The molecule has 1 saturated heterocycles. The van der Waals surface area contributed by atoms with Crippen LogP contribution in [0.15, 0.2) is 72.1 Å². The van der Waals surface area contributed by atoms with E-state index in [1.807, 2.05) is 72.5 Å². The predicted molar refractivity (Wildman–Crippen MR) is 119 cm³/mol. The smallest absolute Gasteiger partial charge is 0.227 e. The lowest BCUT2D eigenvalue weighted by Gasteiger charge is -2.19. The van der Waals surface area contributed by atoms with Gasteiger partial charge in [-0.05, 0) is 49.1 Å². The Bertz CT molecular complexity index is 1030. The molecule has 7 heteroatoms. The summed E-state index contributed by atoms with van der Waals surface area (Å²) >= 11 is 1.63. The summed E-state index contributed by atoms with van der Waals surface area (Å²) in [5.41, 5.74) is 2.88. The summed E-state index contributed by atoms with van der Waals surface area (Å²) in [4.78, 5) is 32.2. The zero-order valence-electron chi connectivity index (χ0n) is 17.0. The van der Waals surface area contributed by atoms with Crippen LogP contribution in [0.4, 0.5) is 5.69 Å². The molecule has 0 radical (unpaired) electrons. The van der Waals surface area contributed by atoms with E-state index >= 15 is 0 Å². The first kappa shape index (κ1) is 20.2. The van der Waals surface area contributed by atoms with Gasteiger partial charge in [0, 0.05) is 41.6 Å². The molecular formula is C23H24N4O2S. The van der Waals surface area contributed by atoms with Gasteiger partial charge in [0.25, 0.3) is 0 Å². The second-order valence-electron chi connectivity index (χ2n) is 7.40. The third-order valence-corrected chi connectivity index (χ3v) is 6.14. The van der Waals surface area contributed by atoms with Gasteiger partial charge in [0.05, 0.1) is 18.3 Å². The maximum atomic E-state index is 12.8. The van der Waals surface area contributed by atoms with Crippen molar-refractivity contribution in [2.45, 2.75) is 24.3 Å². The van der Waals surface area contributed by atoms with E-state index in [0.29, 0.717) is 6.54 Å². The molecule has 2 atom stereocenters. The molecule has 2 heterocycles. The van der Waals surface area contributed by atoms with Gasteiger partial charge in [0.15, 0.2) is 0 Å². The van der Waals surface area contributed by atoms with Gasteiger partial charge in [-0.1, -0.05) is 18.2 Å². The Morgan fingerprint density at radius 3 is 2.70 bits per heavy atom. The molecule has 6 nitrogen and oxygen atoms in total. The molecule has 0 aliphatic carbocycles. The van der Waals surface area contributed by atoms with Gasteiger partial charge < -0.3 is 14.8 Å². The van der Waals surface area contributed by atoms with Gasteiger partial charge >= 0.3 is 0 Å². The van der Waals surface area contributed by atoms with Crippen LogP contribution in [0.3, 0.4) is 0 Å². The van der Waals surface area contributed by atoms with Crippen LogP contribution in [0.5, 0.6) is 0 Å². The Labute approximate surface area is 180 Å². The van der Waals surface area contributed by atoms with Crippen LogP contribution in [0.2, 0.25) is 0 Å². The van der Waals surface area contributed by atoms with Crippen LogP contribution in [0.1, 0.15) is 24.9 Å². The number of carbonyl (C=O) groups is 2. The molecule has 0 spiro atoms. The maximum Gasteiger partial charge on any atom is 0.227 e. The number of nitrogens with zero attached hydrogens (tertiary/aromatic N) is 3. The SMILES string of the molecule is CSc1cccc(N2CC(C(=O)NC(C)c3ccc(-n4ccnc4)cc3)CC2=O)c1. The summed E-state index contributed by atoms with van der Waals surface area (Å²) in [7, 11) is 0. The number of anilines is 1. The average Bonchev–Trinajstić information content (AvgIpc) is 3.44. The molecule has 1 aliphatic heterocycles. The molecule has 1 aromatic heterocycles. The van der Waals surface area contributed by atoms with Gasteiger partial charge in [0.2, 0.25) is 11.8 Å². The zero-order chi connectivity index (χ0) is 21.1. The van der Waals surface area contributed by atoms with Gasteiger partial charge in [-0.25, -0.2) is 4.98 Å². The highest BCUT2D eigenvalue weighted by atomic mass is 32.2. The van der Waals surface area contributed by atoms with E-state index in [0.717, 1.165) is 21.8 Å². The molecule has 2 amide bonds. The van der Waals surface area contributed by atoms with Crippen LogP contribution in [0, 0.1) is 5.92 Å². The minimum atomic E-state index is -0.344. The molecule has 0 saturated carbocycles. The summed E-state index contributed by atoms with van der Waals surface area (Å²) in [6.45, 7) is 2.37. The predicted octanol–water partition coefficient (Wildman–Crippen LogP) is 3.82. The minimum Gasteiger partial charge on any atom is -0.349 e. The number of imidazole rings is 1. The molecule has 30 heavy (non-hydrogen) atoms. The van der Waals surface area contributed by atoms with E-state index in [1.165, 1.54) is 0 Å². The summed E-state index contributed by atoms with van der Waals surface area (Å²) in [6.07, 6.45) is 7.61.